The zero-order chi connectivity index (χ0) is 23.6. The Balaban J connectivity index is 2.08. The third kappa shape index (κ3) is 8.11. The van der Waals surface area contributed by atoms with Gasteiger partial charge in [-0.2, -0.15) is 0 Å². The van der Waals surface area contributed by atoms with Gasteiger partial charge in [-0.1, -0.05) is 41.9 Å². The van der Waals surface area contributed by atoms with Crippen molar-refractivity contribution in [3.63, 3.8) is 0 Å². The highest BCUT2D eigenvalue weighted by Gasteiger charge is 2.40. The minimum Gasteiger partial charge on any atom is -0.447 e. The first-order valence-electron chi connectivity index (χ1n) is 10.7. The molecule has 0 saturated carbocycles. The van der Waals surface area contributed by atoms with Gasteiger partial charge in [0.15, 0.2) is 0 Å². The first-order valence-corrected chi connectivity index (χ1v) is 10.7. The lowest BCUT2D eigenvalue weighted by atomic mass is 9.98. The highest BCUT2D eigenvalue weighted by Crippen LogP contribution is 2.22. The molecule has 0 aliphatic carbocycles. The Bertz CT molecular complexity index is 833. The molecule has 1 unspecified atom stereocenters. The lowest BCUT2D eigenvalue weighted by Gasteiger charge is -2.26. The minimum absolute atomic E-state index is 0.0249. The van der Waals surface area contributed by atoms with Crippen LogP contribution >= 0.6 is 0 Å². The van der Waals surface area contributed by atoms with Gasteiger partial charge in [0, 0.05) is 18.0 Å². The Morgan fingerprint density at radius 3 is 2.69 bits per heavy atom. The molecule has 10 heteroatoms. The van der Waals surface area contributed by atoms with Gasteiger partial charge in [-0.3, -0.25) is 4.79 Å². The van der Waals surface area contributed by atoms with Crippen molar-refractivity contribution >= 4 is 18.1 Å². The number of amides is 3. The smallest absolute Gasteiger partial charge is 0.416 e. The van der Waals surface area contributed by atoms with Gasteiger partial charge in [0.05, 0.1) is 12.0 Å². The summed E-state index contributed by atoms with van der Waals surface area (Å²) in [6, 6.07) is 9.15. The van der Waals surface area contributed by atoms with Crippen molar-refractivity contribution in [3.05, 3.63) is 46.3 Å². The largest absolute Gasteiger partial charge is 0.447 e. The average molecular weight is 446 g/mol. The van der Waals surface area contributed by atoms with Gasteiger partial charge in [-0.15, -0.1) is 0 Å². The first kappa shape index (κ1) is 25.0. The molecule has 2 rings (SSSR count). The van der Waals surface area contributed by atoms with Crippen LogP contribution in [0.5, 0.6) is 0 Å². The summed E-state index contributed by atoms with van der Waals surface area (Å²) < 4.78 is 10.4. The first-order chi connectivity index (χ1) is 15.2. The second-order valence-corrected chi connectivity index (χ2v) is 8.66. The molecule has 1 saturated heterocycles. The number of unbranched alkanes of at least 4 members (excludes halogenated alkanes) is 1. The Hall–Kier alpha value is -3.26. The van der Waals surface area contributed by atoms with Crippen LogP contribution < -0.4 is 5.32 Å². The number of azide groups is 1. The van der Waals surface area contributed by atoms with E-state index in [2.05, 4.69) is 15.3 Å². The number of alkyl carbamates (subject to hydrolysis) is 1. The summed E-state index contributed by atoms with van der Waals surface area (Å²) in [5.74, 6) is -1.04. The number of nitrogens with zero attached hydrogens (tertiary/aromatic N) is 4. The number of carbonyl (C=O) groups excluding carboxylic acids is 3. The number of ether oxygens (including phenoxy) is 2. The van der Waals surface area contributed by atoms with Crippen molar-refractivity contribution in [1.82, 2.24) is 10.2 Å². The highest BCUT2D eigenvalue weighted by molar-refractivity contribution is 5.95. The summed E-state index contributed by atoms with van der Waals surface area (Å²) in [5.41, 5.74) is 8.73. The summed E-state index contributed by atoms with van der Waals surface area (Å²) in [6.45, 7) is 5.72. The molecular formula is C22H31N5O5. The fourth-order valence-electron chi connectivity index (χ4n) is 3.42. The number of nitrogens with one attached hydrogen (secondary N) is 1. The Labute approximate surface area is 187 Å². The summed E-state index contributed by atoms with van der Waals surface area (Å²) in [5, 5.41) is 6.13. The predicted octanol–water partition coefficient (Wildman–Crippen LogP) is 4.20. The summed E-state index contributed by atoms with van der Waals surface area (Å²) >= 11 is 0. The zero-order valence-corrected chi connectivity index (χ0v) is 18.8. The maximum atomic E-state index is 13.3. The molecular weight excluding hydrogens is 414 g/mol. The number of hydrogen-bond acceptors (Lipinski definition) is 6. The molecule has 1 heterocycles. The van der Waals surface area contributed by atoms with Gasteiger partial charge in [0.1, 0.15) is 12.2 Å². The number of rotatable bonds is 10. The number of cyclic esters (lactones) is 1. The van der Waals surface area contributed by atoms with E-state index in [-0.39, 0.29) is 13.2 Å². The van der Waals surface area contributed by atoms with E-state index in [1.165, 1.54) is 4.90 Å². The molecule has 1 aromatic rings. The molecule has 10 nitrogen and oxygen atoms in total. The van der Waals surface area contributed by atoms with Crippen molar-refractivity contribution in [1.29, 1.82) is 0 Å². The molecule has 0 bridgehead atoms. The SMILES string of the molecule is CC(C)(C)OC(=O)NC[C@@H](CCCCN=[N+]=[N-])C(=O)N1C(=O)OCC1Cc1ccccc1. The van der Waals surface area contributed by atoms with E-state index in [0.29, 0.717) is 32.2 Å². The van der Waals surface area contributed by atoms with Crippen LogP contribution in [0.3, 0.4) is 0 Å². The van der Waals surface area contributed by atoms with Crippen molar-refractivity contribution in [2.24, 2.45) is 11.0 Å². The van der Waals surface area contributed by atoms with Gasteiger partial charge in [-0.05, 0) is 51.1 Å². The molecule has 0 aromatic heterocycles. The maximum Gasteiger partial charge on any atom is 0.416 e. The van der Waals surface area contributed by atoms with E-state index < -0.39 is 35.7 Å². The van der Waals surface area contributed by atoms with Gasteiger partial charge >= 0.3 is 12.2 Å². The van der Waals surface area contributed by atoms with Crippen LogP contribution in [-0.4, -0.2) is 54.3 Å². The third-order valence-corrected chi connectivity index (χ3v) is 4.88. The van der Waals surface area contributed by atoms with Crippen molar-refractivity contribution in [2.45, 2.75) is 58.1 Å². The van der Waals surface area contributed by atoms with Crippen LogP contribution in [-0.2, 0) is 20.7 Å². The normalized spacial score (nSPS) is 16.7. The van der Waals surface area contributed by atoms with Crippen LogP contribution in [0.1, 0.15) is 45.6 Å². The molecule has 1 aliphatic heterocycles. The number of imide groups is 1. The monoisotopic (exact) mass is 445 g/mol. The number of hydrogen-bond donors (Lipinski definition) is 1. The minimum atomic E-state index is -0.674. The second kappa shape index (κ2) is 12.0. The molecule has 0 spiro atoms. The van der Waals surface area contributed by atoms with E-state index in [1.807, 2.05) is 30.3 Å². The molecule has 1 N–H and O–H groups in total. The van der Waals surface area contributed by atoms with Crippen LogP contribution in [0.25, 0.3) is 10.4 Å². The van der Waals surface area contributed by atoms with Gasteiger partial charge in [-0.25, -0.2) is 14.5 Å². The molecule has 32 heavy (non-hydrogen) atoms. The lowest BCUT2D eigenvalue weighted by molar-refractivity contribution is -0.133. The maximum absolute atomic E-state index is 13.3. The molecule has 3 amide bonds. The van der Waals surface area contributed by atoms with Crippen LogP contribution in [0.2, 0.25) is 0 Å². The second-order valence-electron chi connectivity index (χ2n) is 8.66. The summed E-state index contributed by atoms with van der Waals surface area (Å²) in [4.78, 5) is 41.7. The Kier molecular flexibility index (Phi) is 9.34. The Morgan fingerprint density at radius 2 is 2.03 bits per heavy atom. The average Bonchev–Trinajstić information content (AvgIpc) is 3.09. The molecule has 174 valence electrons. The standard InChI is InChI=1S/C22H31N5O5/c1-22(2,3)32-20(29)24-14-17(11-7-8-12-25-26-23)19(28)27-18(15-31-21(27)30)13-16-9-5-4-6-10-16/h4-6,9-10,17-18H,7-8,11-15H2,1-3H3,(H,24,29)/t17-,18?/m1/s1. The number of benzene rings is 1. The van der Waals surface area contributed by atoms with Crippen LogP contribution in [0.15, 0.2) is 35.4 Å². The number of carbonyl (C=O) groups is 3. The van der Waals surface area contributed by atoms with Crippen LogP contribution in [0.4, 0.5) is 9.59 Å². The summed E-state index contributed by atoms with van der Waals surface area (Å²) in [7, 11) is 0. The topological polar surface area (TPSA) is 134 Å². The van der Waals surface area contributed by atoms with Gasteiger partial charge in [0.2, 0.25) is 5.91 Å². The van der Waals surface area contributed by atoms with Gasteiger partial charge < -0.3 is 14.8 Å². The van der Waals surface area contributed by atoms with Crippen molar-refractivity contribution in [2.75, 3.05) is 19.7 Å². The molecule has 1 aliphatic rings. The third-order valence-electron chi connectivity index (χ3n) is 4.88. The zero-order valence-electron chi connectivity index (χ0n) is 18.8. The van der Waals surface area contributed by atoms with Crippen molar-refractivity contribution < 1.29 is 23.9 Å². The fourth-order valence-corrected chi connectivity index (χ4v) is 3.42. The van der Waals surface area contributed by atoms with Gasteiger partial charge in [0.25, 0.3) is 0 Å². The quantitative estimate of drug-likeness (QED) is 0.249. The Morgan fingerprint density at radius 1 is 1.31 bits per heavy atom. The summed E-state index contributed by atoms with van der Waals surface area (Å²) in [6.07, 6.45) is 0.788. The highest BCUT2D eigenvalue weighted by atomic mass is 16.6. The van der Waals surface area contributed by atoms with Crippen molar-refractivity contribution in [3.8, 4) is 0 Å². The molecule has 1 aromatic carbocycles. The molecule has 0 radical (unpaired) electrons. The predicted molar refractivity (Wildman–Crippen MR) is 118 cm³/mol. The van der Waals surface area contributed by atoms with E-state index in [0.717, 1.165) is 5.56 Å². The van der Waals surface area contributed by atoms with E-state index in [1.54, 1.807) is 20.8 Å². The van der Waals surface area contributed by atoms with E-state index in [9.17, 15) is 14.4 Å². The van der Waals surface area contributed by atoms with E-state index in [4.69, 9.17) is 15.0 Å². The fraction of sp³-hybridized carbons (Fsp3) is 0.591. The molecule has 2 atom stereocenters. The van der Waals surface area contributed by atoms with Crippen LogP contribution in [0, 0.1) is 5.92 Å². The molecule has 1 fully saturated rings. The van der Waals surface area contributed by atoms with E-state index >= 15 is 0 Å². The lowest BCUT2D eigenvalue weighted by Crippen LogP contribution is -2.47.